The van der Waals surface area contributed by atoms with Crippen LogP contribution in [0.15, 0.2) is 61.6 Å². The molecule has 1 fully saturated rings. The van der Waals surface area contributed by atoms with Gasteiger partial charge in [0.2, 0.25) is 11.7 Å². The van der Waals surface area contributed by atoms with Gasteiger partial charge in [-0.15, -0.1) is 0 Å². The third-order valence-electron chi connectivity index (χ3n) is 4.22. The monoisotopic (exact) mass is 366 g/mol. The van der Waals surface area contributed by atoms with Crippen LogP contribution in [0.1, 0.15) is 24.8 Å². The van der Waals surface area contributed by atoms with E-state index in [2.05, 4.69) is 15.1 Å². The lowest BCUT2D eigenvalue weighted by Crippen LogP contribution is -2.22. The third kappa shape index (κ3) is 2.72. The number of rotatable bonds is 5. The van der Waals surface area contributed by atoms with E-state index < -0.39 is 0 Å². The first-order valence-electron chi connectivity index (χ1n) is 8.30. The van der Waals surface area contributed by atoms with Crippen molar-refractivity contribution in [2.75, 3.05) is 0 Å². The van der Waals surface area contributed by atoms with Gasteiger partial charge in [0.15, 0.2) is 10.9 Å². The van der Waals surface area contributed by atoms with Crippen molar-refractivity contribution >= 4 is 22.7 Å². The zero-order valence-corrected chi connectivity index (χ0v) is 14.5. The molecule has 0 unspecified atom stereocenters. The Morgan fingerprint density at radius 3 is 2.85 bits per heavy atom. The van der Waals surface area contributed by atoms with Crippen LogP contribution in [0, 0.1) is 0 Å². The second-order valence-electron chi connectivity index (χ2n) is 6.10. The molecule has 8 heteroatoms. The number of para-hydroxylation sites is 1. The van der Waals surface area contributed by atoms with E-state index in [0.717, 1.165) is 12.8 Å². The van der Waals surface area contributed by atoms with E-state index in [0.29, 0.717) is 39.3 Å². The highest BCUT2D eigenvalue weighted by molar-refractivity contribution is 7.98. The molecule has 3 heterocycles. The van der Waals surface area contributed by atoms with E-state index >= 15 is 0 Å². The Hall–Kier alpha value is -2.87. The van der Waals surface area contributed by atoms with E-state index in [4.69, 9.17) is 8.94 Å². The largest absolute Gasteiger partial charge is 0.461 e. The van der Waals surface area contributed by atoms with Gasteiger partial charge >= 0.3 is 0 Å². The second-order valence-corrected chi connectivity index (χ2v) is 7.04. The average Bonchev–Trinajstić information content (AvgIpc) is 3.15. The first kappa shape index (κ1) is 15.4. The van der Waals surface area contributed by atoms with Crippen LogP contribution in [-0.4, -0.2) is 19.7 Å². The molecule has 0 amide bonds. The lowest BCUT2D eigenvalue weighted by atomic mass is 10.2. The SMILES string of the molecule is O=c1c2ccccc2nc(SCc2nc(-c3ccco3)no2)n1C1CC1. The Morgan fingerprint density at radius 2 is 2.04 bits per heavy atom. The topological polar surface area (TPSA) is 86.9 Å². The highest BCUT2D eigenvalue weighted by Gasteiger charge is 2.28. The molecule has 26 heavy (non-hydrogen) atoms. The number of furan rings is 1. The van der Waals surface area contributed by atoms with Crippen LogP contribution in [0.2, 0.25) is 0 Å². The molecule has 0 bridgehead atoms. The minimum atomic E-state index is 0.0161. The van der Waals surface area contributed by atoms with E-state index in [1.54, 1.807) is 23.0 Å². The molecule has 5 rings (SSSR count). The predicted octanol–water partition coefficient (Wildman–Crippen LogP) is 3.67. The van der Waals surface area contributed by atoms with Gasteiger partial charge < -0.3 is 8.94 Å². The Bertz CT molecular complexity index is 1130. The van der Waals surface area contributed by atoms with E-state index in [-0.39, 0.29) is 11.6 Å². The molecule has 7 nitrogen and oxygen atoms in total. The quantitative estimate of drug-likeness (QED) is 0.393. The summed E-state index contributed by atoms with van der Waals surface area (Å²) in [6.45, 7) is 0. The number of hydrogen-bond acceptors (Lipinski definition) is 7. The maximum absolute atomic E-state index is 12.8. The maximum atomic E-state index is 12.8. The van der Waals surface area contributed by atoms with Crippen molar-refractivity contribution in [3.05, 3.63) is 58.9 Å². The summed E-state index contributed by atoms with van der Waals surface area (Å²) in [6, 6.07) is 11.2. The molecule has 1 aliphatic rings. The van der Waals surface area contributed by atoms with Crippen molar-refractivity contribution < 1.29 is 8.94 Å². The molecule has 0 aliphatic heterocycles. The summed E-state index contributed by atoms with van der Waals surface area (Å²) < 4.78 is 12.4. The minimum absolute atomic E-state index is 0.0161. The zero-order valence-electron chi connectivity index (χ0n) is 13.7. The average molecular weight is 366 g/mol. The number of thioether (sulfide) groups is 1. The molecule has 0 N–H and O–H groups in total. The molecule has 0 saturated heterocycles. The van der Waals surface area contributed by atoms with Crippen LogP contribution in [0.4, 0.5) is 0 Å². The summed E-state index contributed by atoms with van der Waals surface area (Å²) in [6.07, 6.45) is 3.58. The molecule has 130 valence electrons. The molecule has 0 atom stereocenters. The van der Waals surface area contributed by atoms with Crippen LogP contribution < -0.4 is 5.56 Å². The van der Waals surface area contributed by atoms with E-state index in [9.17, 15) is 4.79 Å². The van der Waals surface area contributed by atoms with Gasteiger partial charge in [-0.1, -0.05) is 29.1 Å². The fraction of sp³-hybridized carbons (Fsp3) is 0.222. The molecule has 0 spiro atoms. The van der Waals surface area contributed by atoms with Gasteiger partial charge in [-0.25, -0.2) is 4.98 Å². The number of aromatic nitrogens is 4. The smallest absolute Gasteiger partial charge is 0.262 e. The Balaban J connectivity index is 1.46. The minimum Gasteiger partial charge on any atom is -0.461 e. The first-order valence-corrected chi connectivity index (χ1v) is 9.29. The van der Waals surface area contributed by atoms with E-state index in [1.165, 1.54) is 11.8 Å². The van der Waals surface area contributed by atoms with Gasteiger partial charge in [0, 0.05) is 6.04 Å². The van der Waals surface area contributed by atoms with Crippen molar-refractivity contribution in [2.45, 2.75) is 29.8 Å². The van der Waals surface area contributed by atoms with Gasteiger partial charge in [0.1, 0.15) is 0 Å². The van der Waals surface area contributed by atoms with Gasteiger partial charge in [-0.05, 0) is 37.1 Å². The van der Waals surface area contributed by atoms with E-state index in [1.807, 2.05) is 24.3 Å². The standard InChI is InChI=1S/C18H14N4O3S/c23-17-12-4-1-2-5-13(12)19-18(22(17)11-7-8-11)26-10-15-20-16(21-25-15)14-6-3-9-24-14/h1-6,9,11H,7-8,10H2. The lowest BCUT2D eigenvalue weighted by molar-refractivity contribution is 0.390. The summed E-state index contributed by atoms with van der Waals surface area (Å²) in [7, 11) is 0. The zero-order chi connectivity index (χ0) is 17.5. The van der Waals surface area contributed by atoms with Gasteiger partial charge in [0.25, 0.3) is 5.56 Å². The second kappa shape index (κ2) is 6.14. The molecule has 0 radical (unpaired) electrons. The predicted molar refractivity (Wildman–Crippen MR) is 95.8 cm³/mol. The lowest BCUT2D eigenvalue weighted by Gasteiger charge is -2.11. The van der Waals surface area contributed by atoms with Crippen molar-refractivity contribution in [2.24, 2.45) is 0 Å². The van der Waals surface area contributed by atoms with Crippen LogP contribution in [0.5, 0.6) is 0 Å². The molecular formula is C18H14N4O3S. The Kier molecular flexibility index (Phi) is 3.63. The molecule has 4 aromatic rings. The third-order valence-corrected chi connectivity index (χ3v) is 5.16. The summed E-state index contributed by atoms with van der Waals surface area (Å²) in [5, 5.41) is 5.27. The summed E-state index contributed by atoms with van der Waals surface area (Å²) in [5.41, 5.74) is 0.723. The number of hydrogen-bond donors (Lipinski definition) is 0. The Morgan fingerprint density at radius 1 is 1.15 bits per heavy atom. The molecule has 3 aromatic heterocycles. The van der Waals surface area contributed by atoms with Crippen molar-refractivity contribution in [1.29, 1.82) is 0 Å². The molecular weight excluding hydrogens is 352 g/mol. The van der Waals surface area contributed by atoms with Crippen molar-refractivity contribution in [3.8, 4) is 11.6 Å². The fourth-order valence-corrected chi connectivity index (χ4v) is 3.73. The maximum Gasteiger partial charge on any atom is 0.262 e. The summed E-state index contributed by atoms with van der Waals surface area (Å²) >= 11 is 1.43. The highest BCUT2D eigenvalue weighted by atomic mass is 32.2. The van der Waals surface area contributed by atoms with Crippen molar-refractivity contribution in [3.63, 3.8) is 0 Å². The first-order chi connectivity index (χ1) is 12.8. The highest BCUT2D eigenvalue weighted by Crippen LogP contribution is 2.37. The van der Waals surface area contributed by atoms with Crippen LogP contribution >= 0.6 is 11.8 Å². The van der Waals surface area contributed by atoms with Gasteiger partial charge in [-0.2, -0.15) is 4.98 Å². The van der Waals surface area contributed by atoms with Gasteiger partial charge in [-0.3, -0.25) is 9.36 Å². The van der Waals surface area contributed by atoms with Crippen LogP contribution in [0.3, 0.4) is 0 Å². The summed E-state index contributed by atoms with van der Waals surface area (Å²) in [5.74, 6) is 1.87. The molecule has 1 saturated carbocycles. The Labute approximate surface area is 152 Å². The fourth-order valence-electron chi connectivity index (χ4n) is 2.83. The summed E-state index contributed by atoms with van der Waals surface area (Å²) in [4.78, 5) is 21.9. The number of fused-ring (bicyclic) bond motifs is 1. The van der Waals surface area contributed by atoms with Crippen molar-refractivity contribution in [1.82, 2.24) is 19.7 Å². The molecule has 1 aliphatic carbocycles. The number of benzene rings is 1. The normalized spacial score (nSPS) is 14.2. The van der Waals surface area contributed by atoms with Crippen LogP contribution in [0.25, 0.3) is 22.5 Å². The van der Waals surface area contributed by atoms with Gasteiger partial charge in [0.05, 0.1) is 22.9 Å². The number of nitrogens with zero attached hydrogens (tertiary/aromatic N) is 4. The molecule has 1 aromatic carbocycles. The van der Waals surface area contributed by atoms with Crippen LogP contribution in [-0.2, 0) is 5.75 Å².